The van der Waals surface area contributed by atoms with Gasteiger partial charge in [-0.05, 0) is 32.9 Å². The normalized spacial score (nSPS) is 11.2. The van der Waals surface area contributed by atoms with Gasteiger partial charge in [0.2, 0.25) is 5.89 Å². The van der Waals surface area contributed by atoms with Crippen LogP contribution in [-0.2, 0) is 11.3 Å². The Bertz CT molecular complexity index is 570. The Labute approximate surface area is 118 Å². The molecule has 0 unspecified atom stereocenters. The molecule has 0 radical (unpaired) electrons. The van der Waals surface area contributed by atoms with Crippen LogP contribution in [0.15, 0.2) is 41.0 Å². The first-order valence-electron chi connectivity index (χ1n) is 6.41. The maximum absolute atomic E-state index is 11.5. The van der Waals surface area contributed by atoms with Crippen molar-refractivity contribution in [2.45, 2.75) is 32.9 Å². The second-order valence-corrected chi connectivity index (χ2v) is 5.37. The van der Waals surface area contributed by atoms with E-state index in [1.54, 1.807) is 0 Å². The van der Waals surface area contributed by atoms with E-state index in [9.17, 15) is 4.79 Å². The van der Waals surface area contributed by atoms with Crippen LogP contribution in [-0.4, -0.2) is 16.7 Å². The topological polar surface area (TPSA) is 64.4 Å². The summed E-state index contributed by atoms with van der Waals surface area (Å²) in [6, 6.07) is 9.58. The molecule has 5 heteroatoms. The molecule has 5 nitrogen and oxygen atoms in total. The highest BCUT2D eigenvalue weighted by atomic mass is 16.6. The molecule has 20 heavy (non-hydrogen) atoms. The minimum Gasteiger partial charge on any atom is -0.444 e. The van der Waals surface area contributed by atoms with Crippen molar-refractivity contribution >= 4 is 6.09 Å². The average molecular weight is 274 g/mol. The number of hydrogen-bond donors (Lipinski definition) is 1. The van der Waals surface area contributed by atoms with Gasteiger partial charge in [-0.15, -0.1) is 0 Å². The van der Waals surface area contributed by atoms with Crippen LogP contribution < -0.4 is 5.32 Å². The summed E-state index contributed by atoms with van der Waals surface area (Å²) in [5.74, 6) is 0.534. The maximum Gasteiger partial charge on any atom is 0.407 e. The van der Waals surface area contributed by atoms with Crippen LogP contribution in [0.2, 0.25) is 0 Å². The highest BCUT2D eigenvalue weighted by Gasteiger charge is 2.16. The van der Waals surface area contributed by atoms with E-state index in [2.05, 4.69) is 10.3 Å². The number of carbonyl (C=O) groups excluding carboxylic acids is 1. The lowest BCUT2D eigenvalue weighted by Gasteiger charge is -2.19. The zero-order valence-electron chi connectivity index (χ0n) is 11.8. The van der Waals surface area contributed by atoms with Crippen molar-refractivity contribution in [1.29, 1.82) is 0 Å². The number of aromatic nitrogens is 1. The summed E-state index contributed by atoms with van der Waals surface area (Å²) in [5.41, 5.74) is 1.04. The number of amides is 1. The van der Waals surface area contributed by atoms with E-state index in [0.717, 1.165) is 5.56 Å². The largest absolute Gasteiger partial charge is 0.444 e. The molecule has 0 aliphatic heterocycles. The van der Waals surface area contributed by atoms with Crippen LogP contribution in [0.3, 0.4) is 0 Å². The summed E-state index contributed by atoms with van der Waals surface area (Å²) in [7, 11) is 0. The van der Waals surface area contributed by atoms with Crippen molar-refractivity contribution in [2.75, 3.05) is 0 Å². The molecule has 1 aromatic heterocycles. The fraction of sp³-hybridized carbons (Fsp3) is 0.333. The summed E-state index contributed by atoms with van der Waals surface area (Å²) in [6.07, 6.45) is 1.06. The highest BCUT2D eigenvalue weighted by Crippen LogP contribution is 2.17. The molecule has 1 aromatic carbocycles. The summed E-state index contributed by atoms with van der Waals surface area (Å²) >= 11 is 0. The fourth-order valence-corrected chi connectivity index (χ4v) is 1.58. The van der Waals surface area contributed by atoms with Gasteiger partial charge < -0.3 is 14.5 Å². The number of oxazole rings is 1. The molecule has 0 atom stereocenters. The Kier molecular flexibility index (Phi) is 4.08. The van der Waals surface area contributed by atoms with Crippen molar-refractivity contribution < 1.29 is 13.9 Å². The molecule has 0 bridgehead atoms. The maximum atomic E-state index is 11.5. The molecule has 1 N–H and O–H groups in total. The molecule has 0 aliphatic carbocycles. The van der Waals surface area contributed by atoms with Gasteiger partial charge in [-0.3, -0.25) is 0 Å². The number of rotatable bonds is 3. The van der Waals surface area contributed by atoms with E-state index in [0.29, 0.717) is 11.6 Å². The van der Waals surface area contributed by atoms with Gasteiger partial charge in [-0.2, -0.15) is 0 Å². The number of benzene rings is 1. The number of nitrogens with one attached hydrogen (secondary N) is 1. The third-order valence-corrected chi connectivity index (χ3v) is 2.39. The summed E-state index contributed by atoms with van der Waals surface area (Å²) in [5, 5.41) is 2.64. The monoisotopic (exact) mass is 274 g/mol. The zero-order chi connectivity index (χ0) is 14.6. The van der Waals surface area contributed by atoms with Gasteiger partial charge in [0.25, 0.3) is 0 Å². The molecule has 106 valence electrons. The van der Waals surface area contributed by atoms with Gasteiger partial charge in [0, 0.05) is 5.56 Å². The third kappa shape index (κ3) is 4.12. The Morgan fingerprint density at radius 3 is 2.65 bits per heavy atom. The van der Waals surface area contributed by atoms with Crippen LogP contribution in [0.4, 0.5) is 4.79 Å². The van der Waals surface area contributed by atoms with E-state index < -0.39 is 11.7 Å². The lowest BCUT2D eigenvalue weighted by atomic mass is 10.2. The quantitative estimate of drug-likeness (QED) is 0.932. The second-order valence-electron chi connectivity index (χ2n) is 5.37. The van der Waals surface area contributed by atoms with Gasteiger partial charge in [0.15, 0.2) is 0 Å². The molecule has 0 fully saturated rings. The van der Waals surface area contributed by atoms with Crippen LogP contribution >= 0.6 is 0 Å². The summed E-state index contributed by atoms with van der Waals surface area (Å²) in [6.45, 7) is 5.72. The standard InChI is InChI=1S/C15H18N2O3/c1-15(2,3)20-14(18)16-9-12-10-19-13(17-12)11-7-5-4-6-8-11/h4-8,10H,9H2,1-3H3,(H,16,18). The molecule has 0 spiro atoms. The third-order valence-electron chi connectivity index (χ3n) is 2.39. The Balaban J connectivity index is 1.92. The van der Waals surface area contributed by atoms with E-state index >= 15 is 0 Å². The van der Waals surface area contributed by atoms with Gasteiger partial charge in [-0.1, -0.05) is 18.2 Å². The predicted octanol–water partition coefficient (Wildman–Crippen LogP) is 3.37. The Morgan fingerprint density at radius 1 is 1.30 bits per heavy atom. The smallest absolute Gasteiger partial charge is 0.407 e. The first-order valence-corrected chi connectivity index (χ1v) is 6.41. The number of alkyl carbamates (subject to hydrolysis) is 1. The van der Waals surface area contributed by atoms with E-state index in [4.69, 9.17) is 9.15 Å². The lowest BCUT2D eigenvalue weighted by Crippen LogP contribution is -2.32. The minimum atomic E-state index is -0.511. The second kappa shape index (κ2) is 5.77. The summed E-state index contributed by atoms with van der Waals surface area (Å²) < 4.78 is 10.5. The molecule has 0 saturated heterocycles. The minimum absolute atomic E-state index is 0.269. The van der Waals surface area contributed by atoms with Crippen molar-refractivity contribution in [3.63, 3.8) is 0 Å². The van der Waals surface area contributed by atoms with E-state index in [1.807, 2.05) is 51.1 Å². The average Bonchev–Trinajstić information content (AvgIpc) is 2.84. The first kappa shape index (κ1) is 14.1. The van der Waals surface area contributed by atoms with Crippen LogP contribution in [0.25, 0.3) is 11.5 Å². The van der Waals surface area contributed by atoms with Crippen molar-refractivity contribution in [1.82, 2.24) is 10.3 Å². The molecule has 0 saturated carbocycles. The molecule has 2 rings (SSSR count). The molecular formula is C15H18N2O3. The van der Waals surface area contributed by atoms with Gasteiger partial charge in [-0.25, -0.2) is 9.78 Å². The van der Waals surface area contributed by atoms with Crippen molar-refractivity contribution in [3.8, 4) is 11.5 Å². The Hall–Kier alpha value is -2.30. The SMILES string of the molecule is CC(C)(C)OC(=O)NCc1coc(-c2ccccc2)n1. The lowest BCUT2D eigenvalue weighted by molar-refractivity contribution is 0.0523. The molecule has 2 aromatic rings. The van der Waals surface area contributed by atoms with Gasteiger partial charge in [0.05, 0.1) is 12.2 Å². The molecule has 1 heterocycles. The first-order chi connectivity index (χ1) is 9.44. The summed E-state index contributed by atoms with van der Waals surface area (Å²) in [4.78, 5) is 15.8. The number of nitrogens with zero attached hydrogens (tertiary/aromatic N) is 1. The van der Waals surface area contributed by atoms with E-state index in [1.165, 1.54) is 6.26 Å². The van der Waals surface area contributed by atoms with Crippen LogP contribution in [0.5, 0.6) is 0 Å². The molecule has 1 amide bonds. The number of carbonyl (C=O) groups is 1. The van der Waals surface area contributed by atoms with Crippen LogP contribution in [0, 0.1) is 0 Å². The number of ether oxygens (including phenoxy) is 1. The van der Waals surface area contributed by atoms with Gasteiger partial charge >= 0.3 is 6.09 Å². The van der Waals surface area contributed by atoms with Crippen molar-refractivity contribution in [2.24, 2.45) is 0 Å². The van der Waals surface area contributed by atoms with Crippen molar-refractivity contribution in [3.05, 3.63) is 42.3 Å². The van der Waals surface area contributed by atoms with E-state index in [-0.39, 0.29) is 6.54 Å². The molecular weight excluding hydrogens is 256 g/mol. The van der Waals surface area contributed by atoms with Gasteiger partial charge in [0.1, 0.15) is 11.9 Å². The highest BCUT2D eigenvalue weighted by molar-refractivity contribution is 5.67. The zero-order valence-corrected chi connectivity index (χ0v) is 11.8. The number of hydrogen-bond acceptors (Lipinski definition) is 4. The Morgan fingerprint density at radius 2 is 2.00 bits per heavy atom. The fourth-order valence-electron chi connectivity index (χ4n) is 1.58. The van der Waals surface area contributed by atoms with Crippen LogP contribution in [0.1, 0.15) is 26.5 Å². The predicted molar refractivity (Wildman–Crippen MR) is 75.0 cm³/mol. The molecule has 0 aliphatic rings.